The van der Waals surface area contributed by atoms with E-state index in [1.807, 2.05) is 26.1 Å². The number of hydrogen-bond acceptors (Lipinski definition) is 3. The van der Waals surface area contributed by atoms with Crippen LogP contribution in [-0.2, 0) is 7.05 Å². The molecule has 0 saturated carbocycles. The number of aromatic nitrogens is 2. The van der Waals surface area contributed by atoms with Gasteiger partial charge in [-0.3, -0.25) is 9.48 Å². The lowest BCUT2D eigenvalue weighted by molar-refractivity contribution is 0.112. The lowest BCUT2D eigenvalue weighted by atomic mass is 10.0. The fourth-order valence-electron chi connectivity index (χ4n) is 1.78. The van der Waals surface area contributed by atoms with Gasteiger partial charge < -0.3 is 4.74 Å². The predicted octanol–water partition coefficient (Wildman–Crippen LogP) is 2.22. The molecule has 1 heterocycles. The zero-order valence-electron chi connectivity index (χ0n) is 10.1. The molecule has 0 atom stereocenters. The second-order valence-corrected chi connectivity index (χ2v) is 3.84. The molecule has 4 nitrogen and oxygen atoms in total. The zero-order chi connectivity index (χ0) is 12.4. The zero-order valence-corrected chi connectivity index (χ0v) is 10.1. The number of rotatable bonds is 3. The van der Waals surface area contributed by atoms with Crippen LogP contribution >= 0.6 is 0 Å². The monoisotopic (exact) mass is 230 g/mol. The number of aryl methyl sites for hydroxylation is 1. The van der Waals surface area contributed by atoms with E-state index in [4.69, 9.17) is 4.74 Å². The first-order chi connectivity index (χ1) is 8.17. The highest BCUT2D eigenvalue weighted by Gasteiger charge is 2.09. The van der Waals surface area contributed by atoms with Crippen molar-refractivity contribution < 1.29 is 9.53 Å². The average molecular weight is 230 g/mol. The summed E-state index contributed by atoms with van der Waals surface area (Å²) < 4.78 is 6.92. The summed E-state index contributed by atoms with van der Waals surface area (Å²) in [7, 11) is 3.44. The Hall–Kier alpha value is -2.10. The van der Waals surface area contributed by atoms with E-state index >= 15 is 0 Å². The fourth-order valence-corrected chi connectivity index (χ4v) is 1.78. The van der Waals surface area contributed by atoms with Gasteiger partial charge >= 0.3 is 0 Å². The molecule has 0 N–H and O–H groups in total. The van der Waals surface area contributed by atoms with E-state index in [1.165, 1.54) is 0 Å². The number of hydrogen-bond donors (Lipinski definition) is 0. The van der Waals surface area contributed by atoms with Gasteiger partial charge in [0.15, 0.2) is 6.29 Å². The number of nitrogens with zero attached hydrogens (tertiary/aromatic N) is 2. The Labute approximate surface area is 99.8 Å². The largest absolute Gasteiger partial charge is 0.496 e. The van der Waals surface area contributed by atoms with Crippen LogP contribution in [0.15, 0.2) is 24.4 Å². The highest BCUT2D eigenvalue weighted by molar-refractivity contribution is 5.83. The number of ether oxygens (including phenoxy) is 1. The van der Waals surface area contributed by atoms with Crippen molar-refractivity contribution in [3.63, 3.8) is 0 Å². The highest BCUT2D eigenvalue weighted by Crippen LogP contribution is 2.27. The molecule has 17 heavy (non-hydrogen) atoms. The van der Waals surface area contributed by atoms with E-state index in [0.717, 1.165) is 23.1 Å². The lowest BCUT2D eigenvalue weighted by Gasteiger charge is -2.06. The third kappa shape index (κ3) is 1.93. The molecular formula is C13H14N2O2. The first-order valence-electron chi connectivity index (χ1n) is 5.29. The minimum absolute atomic E-state index is 0.549. The quantitative estimate of drug-likeness (QED) is 0.759. The predicted molar refractivity (Wildman–Crippen MR) is 65.3 cm³/mol. The summed E-state index contributed by atoms with van der Waals surface area (Å²) in [5.74, 6) is 0.588. The number of carbonyl (C=O) groups is 1. The topological polar surface area (TPSA) is 44.1 Å². The first kappa shape index (κ1) is 11.4. The number of methoxy groups -OCH3 is 1. The molecule has 0 saturated heterocycles. The van der Waals surface area contributed by atoms with Gasteiger partial charge in [-0.05, 0) is 24.6 Å². The molecule has 0 aliphatic heterocycles. The summed E-state index contributed by atoms with van der Waals surface area (Å²) in [5.41, 5.74) is 3.61. The molecule has 0 aliphatic rings. The lowest BCUT2D eigenvalue weighted by Crippen LogP contribution is -1.94. The Morgan fingerprint density at radius 1 is 1.41 bits per heavy atom. The average Bonchev–Trinajstić information content (AvgIpc) is 2.69. The maximum atomic E-state index is 11.0. The summed E-state index contributed by atoms with van der Waals surface area (Å²) in [4.78, 5) is 11.0. The molecule has 4 heteroatoms. The van der Waals surface area contributed by atoms with Crippen LogP contribution in [0, 0.1) is 6.92 Å². The summed E-state index contributed by atoms with van der Waals surface area (Å²) in [5, 5.41) is 4.19. The van der Waals surface area contributed by atoms with E-state index < -0.39 is 0 Å². The summed E-state index contributed by atoms with van der Waals surface area (Å²) >= 11 is 0. The van der Waals surface area contributed by atoms with Crippen molar-refractivity contribution >= 4 is 6.29 Å². The van der Waals surface area contributed by atoms with Gasteiger partial charge in [0.1, 0.15) is 5.75 Å². The van der Waals surface area contributed by atoms with Crippen molar-refractivity contribution in [2.24, 2.45) is 7.05 Å². The Bertz CT molecular complexity index is 559. The maximum absolute atomic E-state index is 11.0. The molecule has 0 unspecified atom stereocenters. The van der Waals surface area contributed by atoms with Gasteiger partial charge in [-0.15, -0.1) is 0 Å². The second kappa shape index (κ2) is 4.41. The normalized spacial score (nSPS) is 10.3. The summed E-state index contributed by atoms with van der Waals surface area (Å²) in [6.07, 6.45) is 2.60. The smallest absolute Gasteiger partial charge is 0.153 e. The van der Waals surface area contributed by atoms with Gasteiger partial charge in [0, 0.05) is 18.3 Å². The molecule has 0 bridgehead atoms. The molecule has 0 radical (unpaired) electrons. The Morgan fingerprint density at radius 3 is 2.71 bits per heavy atom. The third-order valence-corrected chi connectivity index (χ3v) is 2.90. The molecular weight excluding hydrogens is 216 g/mol. The Balaban J connectivity index is 2.54. The molecule has 0 spiro atoms. The molecule has 1 aromatic carbocycles. The minimum atomic E-state index is 0.549. The molecule has 2 aromatic rings. The molecule has 0 amide bonds. The van der Waals surface area contributed by atoms with Crippen molar-refractivity contribution in [2.45, 2.75) is 6.92 Å². The number of carbonyl (C=O) groups excluding carboxylic acids is 1. The van der Waals surface area contributed by atoms with E-state index in [1.54, 1.807) is 24.1 Å². The second-order valence-electron chi connectivity index (χ2n) is 3.84. The van der Waals surface area contributed by atoms with Crippen molar-refractivity contribution in [3.05, 3.63) is 35.7 Å². The summed E-state index contributed by atoms with van der Waals surface area (Å²) in [6, 6.07) is 5.54. The SMILES string of the molecule is COc1ccc(-c2cnn(C)c2C)cc1C=O. The molecule has 0 fully saturated rings. The van der Waals surface area contributed by atoms with Crippen molar-refractivity contribution in [3.8, 4) is 16.9 Å². The van der Waals surface area contributed by atoms with Crippen LogP contribution in [-0.4, -0.2) is 23.2 Å². The summed E-state index contributed by atoms with van der Waals surface area (Å²) in [6.45, 7) is 1.99. The minimum Gasteiger partial charge on any atom is -0.496 e. The number of benzene rings is 1. The van der Waals surface area contributed by atoms with Crippen LogP contribution in [0.4, 0.5) is 0 Å². The van der Waals surface area contributed by atoms with Crippen LogP contribution in [0.3, 0.4) is 0 Å². The van der Waals surface area contributed by atoms with Crippen molar-refractivity contribution in [2.75, 3.05) is 7.11 Å². The van der Waals surface area contributed by atoms with E-state index in [0.29, 0.717) is 11.3 Å². The van der Waals surface area contributed by atoms with Gasteiger partial charge in [-0.1, -0.05) is 6.07 Å². The fraction of sp³-hybridized carbons (Fsp3) is 0.231. The van der Waals surface area contributed by atoms with E-state index in [2.05, 4.69) is 5.10 Å². The highest BCUT2D eigenvalue weighted by atomic mass is 16.5. The van der Waals surface area contributed by atoms with Gasteiger partial charge in [0.05, 0.1) is 18.9 Å². The third-order valence-electron chi connectivity index (χ3n) is 2.90. The van der Waals surface area contributed by atoms with Crippen LogP contribution in [0.25, 0.3) is 11.1 Å². The van der Waals surface area contributed by atoms with Crippen LogP contribution in [0.1, 0.15) is 16.1 Å². The van der Waals surface area contributed by atoms with Crippen LogP contribution < -0.4 is 4.74 Å². The van der Waals surface area contributed by atoms with Crippen LogP contribution in [0.2, 0.25) is 0 Å². The van der Waals surface area contributed by atoms with Gasteiger partial charge in [-0.25, -0.2) is 0 Å². The van der Waals surface area contributed by atoms with Gasteiger partial charge in [0.2, 0.25) is 0 Å². The van der Waals surface area contributed by atoms with E-state index in [-0.39, 0.29) is 0 Å². The van der Waals surface area contributed by atoms with E-state index in [9.17, 15) is 4.79 Å². The molecule has 88 valence electrons. The Kier molecular flexibility index (Phi) is 2.95. The Morgan fingerprint density at radius 2 is 2.18 bits per heavy atom. The maximum Gasteiger partial charge on any atom is 0.153 e. The molecule has 2 rings (SSSR count). The molecule has 1 aromatic heterocycles. The van der Waals surface area contributed by atoms with Crippen molar-refractivity contribution in [1.29, 1.82) is 0 Å². The molecule has 0 aliphatic carbocycles. The van der Waals surface area contributed by atoms with Crippen LogP contribution in [0.5, 0.6) is 5.75 Å². The van der Waals surface area contributed by atoms with Gasteiger partial charge in [-0.2, -0.15) is 5.10 Å². The standard InChI is InChI=1S/C13H14N2O2/c1-9-12(7-14-15(9)2)10-4-5-13(17-3)11(6-10)8-16/h4-8H,1-3H3. The van der Waals surface area contributed by atoms with Gasteiger partial charge in [0.25, 0.3) is 0 Å². The van der Waals surface area contributed by atoms with Crippen molar-refractivity contribution in [1.82, 2.24) is 9.78 Å². The number of aldehydes is 1. The first-order valence-corrected chi connectivity index (χ1v) is 5.29.